The highest BCUT2D eigenvalue weighted by molar-refractivity contribution is 5.75. The van der Waals surface area contributed by atoms with Gasteiger partial charge in [-0.05, 0) is 12.5 Å². The predicted octanol–water partition coefficient (Wildman–Crippen LogP) is 1.13. The lowest BCUT2D eigenvalue weighted by atomic mass is 10.1. The van der Waals surface area contributed by atoms with Crippen molar-refractivity contribution in [3.63, 3.8) is 0 Å². The average molecular weight is 280 g/mol. The molecule has 20 heavy (non-hydrogen) atoms. The molecule has 1 heterocycles. The molecule has 3 N–H and O–H groups in total. The van der Waals surface area contributed by atoms with Crippen LogP contribution >= 0.6 is 0 Å². The van der Waals surface area contributed by atoms with Crippen LogP contribution in [0.15, 0.2) is 12.1 Å². The number of ether oxygens (including phenoxy) is 2. The molecule has 1 aliphatic heterocycles. The first-order chi connectivity index (χ1) is 9.70. The molecular formula is C14H20N2O4. The Morgan fingerprint density at radius 3 is 2.80 bits per heavy atom. The van der Waals surface area contributed by atoms with Gasteiger partial charge >= 0.3 is 0 Å². The van der Waals surface area contributed by atoms with Crippen molar-refractivity contribution in [2.75, 3.05) is 19.9 Å². The van der Waals surface area contributed by atoms with Gasteiger partial charge in [0, 0.05) is 37.7 Å². The number of fused-ring (bicyclic) bond motifs is 1. The van der Waals surface area contributed by atoms with Crippen LogP contribution in [0.4, 0.5) is 0 Å². The van der Waals surface area contributed by atoms with E-state index in [0.717, 1.165) is 12.0 Å². The van der Waals surface area contributed by atoms with Crippen molar-refractivity contribution in [3.8, 4) is 17.2 Å². The molecule has 1 aliphatic rings. The Kier molecular flexibility index (Phi) is 5.06. The number of phenolic OH excluding ortho intramolecular Hbond substituents is 1. The Morgan fingerprint density at radius 2 is 2.05 bits per heavy atom. The number of rotatable bonds is 7. The Balaban J connectivity index is 1.76. The van der Waals surface area contributed by atoms with Gasteiger partial charge in [0.15, 0.2) is 11.5 Å². The first-order valence-corrected chi connectivity index (χ1v) is 6.79. The highest BCUT2D eigenvalue weighted by Gasteiger charge is 2.16. The lowest BCUT2D eigenvalue weighted by Gasteiger charge is -2.08. The third kappa shape index (κ3) is 3.77. The van der Waals surface area contributed by atoms with Gasteiger partial charge in [-0.15, -0.1) is 0 Å². The number of hydrogen-bond donors (Lipinski definition) is 3. The van der Waals surface area contributed by atoms with Gasteiger partial charge < -0.3 is 25.2 Å². The van der Waals surface area contributed by atoms with Gasteiger partial charge in [-0.25, -0.2) is 0 Å². The molecule has 2 rings (SSSR count). The molecule has 6 nitrogen and oxygen atoms in total. The maximum absolute atomic E-state index is 11.4. The number of nitrogens with one attached hydrogen (secondary N) is 2. The molecule has 0 fully saturated rings. The van der Waals surface area contributed by atoms with Gasteiger partial charge in [0.2, 0.25) is 12.7 Å². The van der Waals surface area contributed by atoms with Crippen LogP contribution in [0.1, 0.15) is 25.3 Å². The summed E-state index contributed by atoms with van der Waals surface area (Å²) in [5, 5.41) is 15.8. The normalized spacial score (nSPS) is 12.4. The topological polar surface area (TPSA) is 79.8 Å². The summed E-state index contributed by atoms with van der Waals surface area (Å²) in [5.74, 6) is 1.40. The number of amides is 1. The molecule has 0 bridgehead atoms. The fourth-order valence-electron chi connectivity index (χ4n) is 1.89. The van der Waals surface area contributed by atoms with Crippen molar-refractivity contribution < 1.29 is 19.4 Å². The van der Waals surface area contributed by atoms with Gasteiger partial charge in [-0.3, -0.25) is 4.79 Å². The minimum absolute atomic E-state index is 0.0364. The van der Waals surface area contributed by atoms with Crippen molar-refractivity contribution in [2.24, 2.45) is 0 Å². The van der Waals surface area contributed by atoms with Crippen LogP contribution < -0.4 is 20.1 Å². The summed E-state index contributed by atoms with van der Waals surface area (Å²) in [5.41, 5.74) is 0.725. The summed E-state index contributed by atoms with van der Waals surface area (Å²) in [6.07, 6.45) is 1.36. The zero-order chi connectivity index (χ0) is 14.4. The molecule has 1 aromatic rings. The lowest BCUT2D eigenvalue weighted by molar-refractivity contribution is -0.120. The van der Waals surface area contributed by atoms with Crippen molar-refractivity contribution in [1.29, 1.82) is 0 Å². The van der Waals surface area contributed by atoms with E-state index >= 15 is 0 Å². The van der Waals surface area contributed by atoms with E-state index in [9.17, 15) is 9.90 Å². The van der Waals surface area contributed by atoms with Crippen molar-refractivity contribution in [3.05, 3.63) is 17.7 Å². The van der Waals surface area contributed by atoms with Crippen LogP contribution in [0.5, 0.6) is 17.2 Å². The quantitative estimate of drug-likeness (QED) is 0.652. The number of benzene rings is 1. The number of carbonyl (C=O) groups is 1. The lowest BCUT2D eigenvalue weighted by Crippen LogP contribution is -2.28. The van der Waals surface area contributed by atoms with Gasteiger partial charge in [-0.2, -0.15) is 0 Å². The maximum atomic E-state index is 11.4. The summed E-state index contributed by atoms with van der Waals surface area (Å²) >= 11 is 0. The fraction of sp³-hybridized carbons (Fsp3) is 0.500. The van der Waals surface area contributed by atoms with E-state index < -0.39 is 0 Å². The smallest absolute Gasteiger partial charge is 0.231 e. The van der Waals surface area contributed by atoms with Crippen molar-refractivity contribution in [2.45, 2.75) is 26.3 Å². The van der Waals surface area contributed by atoms with E-state index in [0.29, 0.717) is 37.6 Å². The zero-order valence-corrected chi connectivity index (χ0v) is 11.6. The van der Waals surface area contributed by atoms with Gasteiger partial charge in [0.25, 0.3) is 0 Å². The molecule has 110 valence electrons. The average Bonchev–Trinajstić information content (AvgIpc) is 2.88. The first-order valence-electron chi connectivity index (χ1n) is 6.79. The fourth-order valence-corrected chi connectivity index (χ4v) is 1.89. The SMILES string of the molecule is CCCNC(=O)CCNCc1cc2c(cc1O)OCO2. The number of phenols is 1. The molecule has 0 spiro atoms. The monoisotopic (exact) mass is 280 g/mol. The summed E-state index contributed by atoms with van der Waals surface area (Å²) in [4.78, 5) is 11.4. The molecule has 0 atom stereocenters. The van der Waals surface area contributed by atoms with Gasteiger partial charge in [0.1, 0.15) is 5.75 Å². The Labute approximate surface area is 118 Å². The second-order valence-electron chi connectivity index (χ2n) is 4.61. The van der Waals surface area contributed by atoms with E-state index in [1.165, 1.54) is 0 Å². The van der Waals surface area contributed by atoms with Crippen molar-refractivity contribution >= 4 is 5.91 Å². The molecule has 6 heteroatoms. The summed E-state index contributed by atoms with van der Waals surface area (Å²) in [7, 11) is 0. The van der Waals surface area contributed by atoms with Crippen LogP contribution in [0.3, 0.4) is 0 Å². The first kappa shape index (κ1) is 14.5. The summed E-state index contributed by atoms with van der Waals surface area (Å²) in [6.45, 7) is 3.94. The molecule has 0 saturated heterocycles. The number of carbonyl (C=O) groups excluding carboxylic acids is 1. The van der Waals surface area contributed by atoms with Gasteiger partial charge in [0.05, 0.1) is 0 Å². The maximum Gasteiger partial charge on any atom is 0.231 e. The highest BCUT2D eigenvalue weighted by Crippen LogP contribution is 2.37. The molecule has 0 aliphatic carbocycles. The van der Waals surface area contributed by atoms with E-state index in [2.05, 4.69) is 10.6 Å². The number of aromatic hydroxyl groups is 1. The largest absolute Gasteiger partial charge is 0.507 e. The Hall–Kier alpha value is -1.95. The highest BCUT2D eigenvalue weighted by atomic mass is 16.7. The molecule has 0 unspecified atom stereocenters. The molecular weight excluding hydrogens is 260 g/mol. The Bertz CT molecular complexity index is 476. The zero-order valence-electron chi connectivity index (χ0n) is 11.6. The minimum atomic E-state index is 0.0364. The third-order valence-corrected chi connectivity index (χ3v) is 2.99. The van der Waals surface area contributed by atoms with E-state index in [-0.39, 0.29) is 18.4 Å². The van der Waals surface area contributed by atoms with E-state index in [1.807, 2.05) is 6.92 Å². The van der Waals surface area contributed by atoms with Crippen LogP contribution in [-0.4, -0.2) is 30.9 Å². The second kappa shape index (κ2) is 7.00. The molecule has 1 amide bonds. The summed E-state index contributed by atoms with van der Waals surface area (Å²) < 4.78 is 10.4. The van der Waals surface area contributed by atoms with E-state index in [4.69, 9.17) is 9.47 Å². The van der Waals surface area contributed by atoms with Crippen LogP contribution in [0.25, 0.3) is 0 Å². The molecule has 0 saturated carbocycles. The van der Waals surface area contributed by atoms with Crippen LogP contribution in [0.2, 0.25) is 0 Å². The molecule has 0 aromatic heterocycles. The Morgan fingerprint density at radius 1 is 1.30 bits per heavy atom. The third-order valence-electron chi connectivity index (χ3n) is 2.99. The van der Waals surface area contributed by atoms with Crippen molar-refractivity contribution in [1.82, 2.24) is 10.6 Å². The molecule has 1 aromatic carbocycles. The molecule has 0 radical (unpaired) electrons. The predicted molar refractivity (Wildman–Crippen MR) is 73.9 cm³/mol. The number of hydrogen-bond acceptors (Lipinski definition) is 5. The minimum Gasteiger partial charge on any atom is -0.507 e. The van der Waals surface area contributed by atoms with E-state index in [1.54, 1.807) is 12.1 Å². The van der Waals surface area contributed by atoms with Gasteiger partial charge in [-0.1, -0.05) is 6.92 Å². The van der Waals surface area contributed by atoms with Crippen LogP contribution in [0, 0.1) is 0 Å². The van der Waals surface area contributed by atoms with Crippen LogP contribution in [-0.2, 0) is 11.3 Å². The second-order valence-corrected chi connectivity index (χ2v) is 4.61. The summed E-state index contributed by atoms with van der Waals surface area (Å²) in [6, 6.07) is 3.30. The standard InChI is InChI=1S/C14H20N2O4/c1-2-4-16-14(18)3-5-15-8-10-6-12-13(7-11(10)17)20-9-19-12/h6-7,15,17H,2-5,8-9H2,1H3,(H,16,18).